The van der Waals surface area contributed by atoms with E-state index >= 15 is 0 Å². The topological polar surface area (TPSA) is 64.0 Å². The second-order valence-corrected chi connectivity index (χ2v) is 16.6. The van der Waals surface area contributed by atoms with Crippen molar-refractivity contribution in [3.05, 3.63) is 71.8 Å². The van der Waals surface area contributed by atoms with E-state index in [0.717, 1.165) is 58.3 Å². The van der Waals surface area contributed by atoms with Gasteiger partial charge in [0.2, 0.25) is 5.91 Å². The molecule has 0 aromatic heterocycles. The maximum Gasteiger partial charge on any atom is 0.222 e. The van der Waals surface area contributed by atoms with Crippen LogP contribution in [-0.2, 0) is 4.79 Å². The van der Waals surface area contributed by atoms with Crippen molar-refractivity contribution >= 4 is 5.91 Å². The van der Waals surface area contributed by atoms with Crippen LogP contribution >= 0.6 is 0 Å². The van der Waals surface area contributed by atoms with Gasteiger partial charge in [0, 0.05) is 32.6 Å². The highest BCUT2D eigenvalue weighted by molar-refractivity contribution is 5.76. The van der Waals surface area contributed by atoms with Crippen molar-refractivity contribution in [3.8, 4) is 0 Å². The van der Waals surface area contributed by atoms with E-state index in [4.69, 9.17) is 0 Å². The number of aliphatic hydroxyl groups is 2. The number of hydrogen-bond acceptors (Lipinski definition) is 4. The number of amides is 1. The average molecular weight is 627 g/mol. The lowest BCUT2D eigenvalue weighted by atomic mass is 9.43. The molecule has 2 N–H and O–H groups in total. The van der Waals surface area contributed by atoms with Gasteiger partial charge in [0.25, 0.3) is 0 Å². The smallest absolute Gasteiger partial charge is 0.222 e. The van der Waals surface area contributed by atoms with Gasteiger partial charge in [0.1, 0.15) is 0 Å². The number of aliphatic hydroxyl groups excluding tert-OH is 2. The number of carbonyl (C=O) groups excluding carboxylic acids is 1. The molecule has 250 valence electrons. The molecule has 46 heavy (non-hydrogen) atoms. The number of rotatable bonds is 7. The van der Waals surface area contributed by atoms with E-state index in [-0.39, 0.29) is 29.1 Å². The van der Waals surface area contributed by atoms with Crippen molar-refractivity contribution in [2.45, 2.75) is 103 Å². The first-order valence-electron chi connectivity index (χ1n) is 18.7. The fourth-order valence-electron chi connectivity index (χ4n) is 12.0. The first kappa shape index (κ1) is 32.3. The molecule has 0 unspecified atom stereocenters. The maximum atomic E-state index is 13.6. The van der Waals surface area contributed by atoms with Crippen LogP contribution in [0, 0.1) is 46.3 Å². The summed E-state index contributed by atoms with van der Waals surface area (Å²) in [6, 6.07) is 21.8. The molecule has 5 heteroatoms. The molecule has 5 aliphatic rings. The summed E-state index contributed by atoms with van der Waals surface area (Å²) in [5.41, 5.74) is 3.16. The quantitative estimate of drug-likeness (QED) is 0.338. The molecule has 5 nitrogen and oxygen atoms in total. The fourth-order valence-corrected chi connectivity index (χ4v) is 12.0. The Hall–Kier alpha value is -2.21. The van der Waals surface area contributed by atoms with E-state index in [1.54, 1.807) is 0 Å². The predicted octanol–water partition coefficient (Wildman–Crippen LogP) is 7.33. The van der Waals surface area contributed by atoms with Gasteiger partial charge in [-0.05, 0) is 115 Å². The van der Waals surface area contributed by atoms with Gasteiger partial charge in [-0.25, -0.2) is 0 Å². The van der Waals surface area contributed by atoms with Crippen LogP contribution in [-0.4, -0.2) is 64.3 Å². The van der Waals surface area contributed by atoms with E-state index in [9.17, 15) is 15.0 Å². The molecule has 1 amide bonds. The second-order valence-electron chi connectivity index (χ2n) is 16.6. The largest absolute Gasteiger partial charge is 0.393 e. The van der Waals surface area contributed by atoms with Crippen LogP contribution in [0.3, 0.4) is 0 Å². The first-order chi connectivity index (χ1) is 22.2. The molecule has 5 fully saturated rings. The molecule has 0 radical (unpaired) electrons. The summed E-state index contributed by atoms with van der Waals surface area (Å²) < 4.78 is 0. The van der Waals surface area contributed by atoms with E-state index in [1.165, 1.54) is 36.8 Å². The van der Waals surface area contributed by atoms with Crippen LogP contribution < -0.4 is 0 Å². The summed E-state index contributed by atoms with van der Waals surface area (Å²) in [7, 11) is 0. The van der Waals surface area contributed by atoms with Gasteiger partial charge in [-0.2, -0.15) is 0 Å². The Morgan fingerprint density at radius 2 is 1.41 bits per heavy atom. The Morgan fingerprint density at radius 3 is 2.07 bits per heavy atom. The van der Waals surface area contributed by atoms with Crippen LogP contribution in [0.4, 0.5) is 0 Å². The Morgan fingerprint density at radius 1 is 0.804 bits per heavy atom. The number of piperazine rings is 1. The van der Waals surface area contributed by atoms with Gasteiger partial charge in [-0.3, -0.25) is 9.69 Å². The number of benzene rings is 2. The van der Waals surface area contributed by atoms with Crippen LogP contribution in [0.1, 0.15) is 102 Å². The van der Waals surface area contributed by atoms with Crippen LogP contribution in [0.2, 0.25) is 0 Å². The van der Waals surface area contributed by atoms with Gasteiger partial charge >= 0.3 is 0 Å². The third kappa shape index (κ3) is 5.77. The minimum atomic E-state index is -0.226. The van der Waals surface area contributed by atoms with Crippen molar-refractivity contribution in [1.29, 1.82) is 0 Å². The third-order valence-corrected chi connectivity index (χ3v) is 14.5. The molecule has 0 bridgehead atoms. The highest BCUT2D eigenvalue weighted by atomic mass is 16.3. The zero-order valence-corrected chi connectivity index (χ0v) is 28.6. The van der Waals surface area contributed by atoms with Crippen molar-refractivity contribution in [2.24, 2.45) is 46.3 Å². The number of nitrogens with zero attached hydrogens (tertiary/aromatic N) is 2. The van der Waals surface area contributed by atoms with Crippen molar-refractivity contribution in [2.75, 3.05) is 26.2 Å². The maximum absolute atomic E-state index is 13.6. The molecule has 10 atom stereocenters. The van der Waals surface area contributed by atoms with Crippen molar-refractivity contribution in [3.63, 3.8) is 0 Å². The van der Waals surface area contributed by atoms with Gasteiger partial charge in [0.05, 0.1) is 18.2 Å². The van der Waals surface area contributed by atoms with Gasteiger partial charge in [0.15, 0.2) is 0 Å². The number of carbonyl (C=O) groups is 1. The Kier molecular flexibility index (Phi) is 9.15. The molecule has 7 rings (SSSR count). The highest BCUT2D eigenvalue weighted by Gasteiger charge is 2.62. The predicted molar refractivity (Wildman–Crippen MR) is 184 cm³/mol. The standard InChI is InChI=1S/C41H58N2O3/c1-28(33-15-16-34-38-35(19-21-41(33,34)3)40(2)20-18-32(44)26-31(40)27-36(38)45)14-17-37(46)42-22-24-43(25-23-42)39(29-10-6-4-7-11-29)30-12-8-5-9-13-30/h4-13,28,31-36,38-39,44-45H,14-27H2,1-3H3/t28-,31+,32-,33-,34+,35+,36+,38+,40+,41-/m1/s1. The van der Waals surface area contributed by atoms with E-state index < -0.39 is 0 Å². The summed E-state index contributed by atoms with van der Waals surface area (Å²) in [6.07, 6.45) is 9.95. The summed E-state index contributed by atoms with van der Waals surface area (Å²) >= 11 is 0. The minimum Gasteiger partial charge on any atom is -0.393 e. The van der Waals surface area contributed by atoms with E-state index in [1.807, 2.05) is 0 Å². The molecule has 1 saturated heterocycles. The zero-order valence-electron chi connectivity index (χ0n) is 28.6. The molecular weight excluding hydrogens is 568 g/mol. The number of fused-ring (bicyclic) bond motifs is 5. The van der Waals surface area contributed by atoms with Gasteiger partial charge in [-0.1, -0.05) is 81.4 Å². The fraction of sp³-hybridized carbons (Fsp3) is 0.683. The molecule has 2 aromatic carbocycles. The Balaban J connectivity index is 0.952. The molecule has 0 spiro atoms. The molecular formula is C41H58N2O3. The van der Waals surface area contributed by atoms with Crippen molar-refractivity contribution < 1.29 is 15.0 Å². The molecule has 1 aliphatic heterocycles. The molecule has 4 aliphatic carbocycles. The lowest BCUT2D eigenvalue weighted by molar-refractivity contribution is -0.174. The summed E-state index contributed by atoms with van der Waals surface area (Å²) in [4.78, 5) is 18.2. The van der Waals surface area contributed by atoms with Crippen LogP contribution in [0.25, 0.3) is 0 Å². The molecule has 4 saturated carbocycles. The number of hydrogen-bond donors (Lipinski definition) is 2. The Bertz CT molecular complexity index is 1290. The normalized spacial score (nSPS) is 38.6. The minimum absolute atomic E-state index is 0.181. The average Bonchev–Trinajstić information content (AvgIpc) is 3.43. The van der Waals surface area contributed by atoms with E-state index in [2.05, 4.69) is 91.2 Å². The highest BCUT2D eigenvalue weighted by Crippen LogP contribution is 2.68. The third-order valence-electron chi connectivity index (χ3n) is 14.5. The zero-order chi connectivity index (χ0) is 32.1. The Labute approximate surface area is 277 Å². The van der Waals surface area contributed by atoms with E-state index in [0.29, 0.717) is 47.8 Å². The summed E-state index contributed by atoms with van der Waals surface area (Å²) in [6.45, 7) is 10.8. The van der Waals surface area contributed by atoms with Gasteiger partial charge in [-0.15, -0.1) is 0 Å². The lowest BCUT2D eigenvalue weighted by Gasteiger charge is -2.62. The lowest BCUT2D eigenvalue weighted by Crippen LogP contribution is -2.58. The summed E-state index contributed by atoms with van der Waals surface area (Å²) in [5, 5.41) is 22.0. The second kappa shape index (κ2) is 13.0. The van der Waals surface area contributed by atoms with Crippen molar-refractivity contribution in [1.82, 2.24) is 9.80 Å². The summed E-state index contributed by atoms with van der Waals surface area (Å²) in [5.74, 6) is 3.52. The monoisotopic (exact) mass is 626 g/mol. The van der Waals surface area contributed by atoms with Crippen LogP contribution in [0.5, 0.6) is 0 Å². The van der Waals surface area contributed by atoms with Gasteiger partial charge < -0.3 is 15.1 Å². The molecule has 1 heterocycles. The SMILES string of the molecule is C[C@H](CCC(=O)N1CCN(C(c2ccccc2)c2ccccc2)CC1)[C@H]1CC[C@H]2[C@@H]3[C@@H](O)C[C@@H]4C[C@H](O)CC[C@]4(C)[C@H]3CC[C@]12C. The molecule has 2 aromatic rings. The first-order valence-corrected chi connectivity index (χ1v) is 18.7. The van der Waals surface area contributed by atoms with Crippen LogP contribution in [0.15, 0.2) is 60.7 Å².